The van der Waals surface area contributed by atoms with Gasteiger partial charge in [-0.05, 0) is 46.7 Å². The van der Waals surface area contributed by atoms with Gasteiger partial charge in [0.15, 0.2) is 0 Å². The fraction of sp³-hybridized carbons (Fsp3) is 0.308. The summed E-state index contributed by atoms with van der Waals surface area (Å²) in [5, 5.41) is 14.6. The second-order valence-corrected chi connectivity index (χ2v) is 5.07. The molecule has 0 saturated heterocycles. The lowest BCUT2D eigenvalue weighted by Crippen LogP contribution is -2.11. The van der Waals surface area contributed by atoms with E-state index in [0.29, 0.717) is 0 Å². The van der Waals surface area contributed by atoms with Crippen molar-refractivity contribution in [1.82, 2.24) is 9.78 Å². The number of aliphatic hydroxyl groups is 1. The molecule has 1 atom stereocenters. The highest BCUT2D eigenvalue weighted by molar-refractivity contribution is 14.1. The first-order valence-electron chi connectivity index (χ1n) is 5.68. The molecule has 0 spiro atoms. The van der Waals surface area contributed by atoms with Crippen molar-refractivity contribution < 1.29 is 5.11 Å². The highest BCUT2D eigenvalue weighted by atomic mass is 127. The molecule has 3 nitrogen and oxygen atoms in total. The zero-order valence-corrected chi connectivity index (χ0v) is 11.8. The molecular weight excluding hydrogens is 327 g/mol. The quantitative estimate of drug-likeness (QED) is 0.868. The zero-order valence-electron chi connectivity index (χ0n) is 9.68. The molecule has 0 aliphatic carbocycles. The third-order valence-corrected chi connectivity index (χ3v) is 3.65. The van der Waals surface area contributed by atoms with Gasteiger partial charge in [0.05, 0.1) is 5.69 Å². The Morgan fingerprint density at radius 3 is 2.82 bits per heavy atom. The van der Waals surface area contributed by atoms with Crippen LogP contribution in [-0.2, 0) is 6.54 Å². The maximum Gasteiger partial charge on any atom is 0.122 e. The lowest BCUT2D eigenvalue weighted by atomic mass is 10.1. The van der Waals surface area contributed by atoms with Crippen molar-refractivity contribution in [2.24, 2.45) is 0 Å². The molecule has 0 aliphatic heterocycles. The van der Waals surface area contributed by atoms with Crippen LogP contribution in [0.4, 0.5) is 0 Å². The van der Waals surface area contributed by atoms with Crippen LogP contribution < -0.4 is 0 Å². The van der Waals surface area contributed by atoms with Crippen molar-refractivity contribution in [2.45, 2.75) is 26.0 Å². The highest BCUT2D eigenvalue weighted by Crippen LogP contribution is 2.25. The molecular formula is C13H15IN2O. The second kappa shape index (κ2) is 5.64. The SMILES string of the molecule is CCCn1nccc1C(O)c1ccccc1I. The predicted molar refractivity (Wildman–Crippen MR) is 75.7 cm³/mol. The molecule has 0 fully saturated rings. The summed E-state index contributed by atoms with van der Waals surface area (Å²) in [4.78, 5) is 0. The van der Waals surface area contributed by atoms with Gasteiger partial charge >= 0.3 is 0 Å². The van der Waals surface area contributed by atoms with E-state index in [1.165, 1.54) is 0 Å². The van der Waals surface area contributed by atoms with E-state index in [0.717, 1.165) is 27.8 Å². The minimum Gasteiger partial charge on any atom is -0.382 e. The number of benzene rings is 1. The van der Waals surface area contributed by atoms with E-state index in [9.17, 15) is 5.11 Å². The minimum atomic E-state index is -0.600. The molecule has 1 heterocycles. The van der Waals surface area contributed by atoms with Crippen LogP contribution in [0, 0.1) is 3.57 Å². The fourth-order valence-electron chi connectivity index (χ4n) is 1.83. The summed E-state index contributed by atoms with van der Waals surface area (Å²) in [6.07, 6.45) is 2.15. The standard InChI is InChI=1S/C13H15IN2O/c1-2-9-16-12(7-8-15-16)13(17)10-5-3-4-6-11(10)14/h3-8,13,17H,2,9H2,1H3. The Bertz CT molecular complexity index is 496. The molecule has 0 bridgehead atoms. The normalized spacial score (nSPS) is 12.6. The third-order valence-electron chi connectivity index (χ3n) is 2.66. The average Bonchev–Trinajstić information content (AvgIpc) is 2.78. The molecule has 1 aromatic heterocycles. The molecule has 17 heavy (non-hydrogen) atoms. The Kier molecular flexibility index (Phi) is 4.17. The van der Waals surface area contributed by atoms with Crippen molar-refractivity contribution in [1.29, 1.82) is 0 Å². The maximum atomic E-state index is 10.4. The van der Waals surface area contributed by atoms with Gasteiger partial charge in [0.25, 0.3) is 0 Å². The van der Waals surface area contributed by atoms with Crippen molar-refractivity contribution in [3.8, 4) is 0 Å². The van der Waals surface area contributed by atoms with Gasteiger partial charge in [0.2, 0.25) is 0 Å². The number of hydrogen-bond donors (Lipinski definition) is 1. The highest BCUT2D eigenvalue weighted by Gasteiger charge is 2.16. The maximum absolute atomic E-state index is 10.4. The van der Waals surface area contributed by atoms with Gasteiger partial charge in [-0.2, -0.15) is 5.10 Å². The van der Waals surface area contributed by atoms with Gasteiger partial charge in [0, 0.05) is 16.3 Å². The first-order valence-corrected chi connectivity index (χ1v) is 6.76. The van der Waals surface area contributed by atoms with Crippen LogP contribution >= 0.6 is 22.6 Å². The predicted octanol–water partition coefficient (Wildman–Crippen LogP) is 2.98. The van der Waals surface area contributed by atoms with Gasteiger partial charge in [-0.1, -0.05) is 25.1 Å². The van der Waals surface area contributed by atoms with Crippen molar-refractivity contribution >= 4 is 22.6 Å². The lowest BCUT2D eigenvalue weighted by Gasteiger charge is -2.14. The number of aromatic nitrogens is 2. The monoisotopic (exact) mass is 342 g/mol. The van der Waals surface area contributed by atoms with E-state index >= 15 is 0 Å². The van der Waals surface area contributed by atoms with Gasteiger partial charge in [-0.3, -0.25) is 4.68 Å². The number of hydrogen-bond acceptors (Lipinski definition) is 2. The van der Waals surface area contributed by atoms with Gasteiger partial charge in [-0.15, -0.1) is 0 Å². The number of rotatable bonds is 4. The zero-order chi connectivity index (χ0) is 12.3. The molecule has 1 N–H and O–H groups in total. The number of halogens is 1. The molecule has 2 rings (SSSR count). The molecule has 0 amide bonds. The second-order valence-electron chi connectivity index (χ2n) is 3.90. The average molecular weight is 342 g/mol. The topological polar surface area (TPSA) is 38.0 Å². The van der Waals surface area contributed by atoms with E-state index in [4.69, 9.17) is 0 Å². The number of nitrogens with zero attached hydrogens (tertiary/aromatic N) is 2. The lowest BCUT2D eigenvalue weighted by molar-refractivity contribution is 0.206. The van der Waals surface area contributed by atoms with Crippen molar-refractivity contribution in [2.75, 3.05) is 0 Å². The van der Waals surface area contributed by atoms with Crippen LogP contribution in [0.2, 0.25) is 0 Å². The Hall–Kier alpha value is -0.880. The first kappa shape index (κ1) is 12.6. The van der Waals surface area contributed by atoms with Gasteiger partial charge < -0.3 is 5.11 Å². The van der Waals surface area contributed by atoms with Crippen molar-refractivity contribution in [3.05, 3.63) is 51.4 Å². The minimum absolute atomic E-state index is 0.600. The summed E-state index contributed by atoms with van der Waals surface area (Å²) in [6, 6.07) is 9.75. The van der Waals surface area contributed by atoms with E-state index in [2.05, 4.69) is 34.6 Å². The Balaban J connectivity index is 2.34. The summed E-state index contributed by atoms with van der Waals surface area (Å²) < 4.78 is 2.94. The van der Waals surface area contributed by atoms with E-state index in [1.54, 1.807) is 6.20 Å². The molecule has 0 aliphatic rings. The summed E-state index contributed by atoms with van der Waals surface area (Å²) in [5.74, 6) is 0. The molecule has 1 unspecified atom stereocenters. The smallest absolute Gasteiger partial charge is 0.122 e. The molecule has 1 aromatic carbocycles. The van der Waals surface area contributed by atoms with Gasteiger partial charge in [0.1, 0.15) is 6.10 Å². The van der Waals surface area contributed by atoms with Crippen molar-refractivity contribution in [3.63, 3.8) is 0 Å². The molecule has 90 valence electrons. The van der Waals surface area contributed by atoms with E-state index in [1.807, 2.05) is 35.0 Å². The first-order chi connectivity index (χ1) is 8.24. The number of aliphatic hydroxyl groups excluding tert-OH is 1. The van der Waals surface area contributed by atoms with Crippen LogP contribution in [0.15, 0.2) is 36.5 Å². The molecule has 4 heteroatoms. The summed E-state index contributed by atoms with van der Waals surface area (Å²) in [5.41, 5.74) is 1.79. The third kappa shape index (κ3) is 2.69. The van der Waals surface area contributed by atoms with Crippen LogP contribution in [0.25, 0.3) is 0 Å². The van der Waals surface area contributed by atoms with Gasteiger partial charge in [-0.25, -0.2) is 0 Å². The fourth-order valence-corrected chi connectivity index (χ4v) is 2.51. The molecule has 0 saturated carbocycles. The molecule has 2 aromatic rings. The molecule has 0 radical (unpaired) electrons. The van der Waals surface area contributed by atoms with E-state index in [-0.39, 0.29) is 0 Å². The largest absolute Gasteiger partial charge is 0.382 e. The summed E-state index contributed by atoms with van der Waals surface area (Å²) in [7, 11) is 0. The summed E-state index contributed by atoms with van der Waals surface area (Å²) in [6.45, 7) is 2.94. The van der Waals surface area contributed by atoms with Crippen LogP contribution in [0.1, 0.15) is 30.7 Å². The van der Waals surface area contributed by atoms with Crippen LogP contribution in [0.3, 0.4) is 0 Å². The Labute approximate surface area is 115 Å². The Morgan fingerprint density at radius 2 is 2.12 bits per heavy atom. The van der Waals surface area contributed by atoms with Crippen LogP contribution in [-0.4, -0.2) is 14.9 Å². The Morgan fingerprint density at radius 1 is 1.35 bits per heavy atom. The van der Waals surface area contributed by atoms with E-state index < -0.39 is 6.10 Å². The number of aryl methyl sites for hydroxylation is 1. The van der Waals surface area contributed by atoms with Crippen LogP contribution in [0.5, 0.6) is 0 Å². The summed E-state index contributed by atoms with van der Waals surface area (Å²) >= 11 is 2.24.